The van der Waals surface area contributed by atoms with Gasteiger partial charge in [-0.15, -0.1) is 0 Å². The highest BCUT2D eigenvalue weighted by Crippen LogP contribution is 2.35. The summed E-state index contributed by atoms with van der Waals surface area (Å²) in [6, 6.07) is 16.5. The van der Waals surface area contributed by atoms with Crippen molar-refractivity contribution >= 4 is 5.69 Å². The van der Waals surface area contributed by atoms with Crippen LogP contribution in [0.5, 0.6) is 23.3 Å². The van der Waals surface area contributed by atoms with Crippen molar-refractivity contribution in [1.29, 1.82) is 0 Å². The van der Waals surface area contributed by atoms with Crippen LogP contribution in [0.4, 0.5) is 5.69 Å². The van der Waals surface area contributed by atoms with E-state index in [4.69, 9.17) is 14.2 Å². The molecular weight excluding hydrogens is 338 g/mol. The lowest BCUT2D eigenvalue weighted by Gasteiger charge is -2.09. The predicted octanol–water partition coefficient (Wildman–Crippen LogP) is 3.76. The first-order valence-electron chi connectivity index (χ1n) is 7.65. The van der Waals surface area contributed by atoms with Gasteiger partial charge < -0.3 is 14.2 Å². The zero-order valence-electron chi connectivity index (χ0n) is 13.9. The van der Waals surface area contributed by atoms with E-state index in [9.17, 15) is 10.1 Å². The molecule has 0 unspecified atom stereocenters. The lowest BCUT2D eigenvalue weighted by molar-refractivity contribution is -0.387. The molecule has 132 valence electrons. The second-order valence-electron chi connectivity index (χ2n) is 5.15. The highest BCUT2D eigenvalue weighted by molar-refractivity contribution is 5.51. The average Bonchev–Trinajstić information content (AvgIpc) is 2.67. The Labute approximate surface area is 149 Å². The van der Waals surface area contributed by atoms with Crippen LogP contribution in [0.15, 0.2) is 60.9 Å². The van der Waals surface area contributed by atoms with Gasteiger partial charge in [0.1, 0.15) is 24.4 Å². The maximum Gasteiger partial charge on any atom is 0.392 e. The summed E-state index contributed by atoms with van der Waals surface area (Å²) in [5.74, 6) is 0.535. The number of nitro groups is 1. The fourth-order valence-corrected chi connectivity index (χ4v) is 2.21. The number of aromatic nitrogens is 2. The first kappa shape index (κ1) is 17.2. The zero-order chi connectivity index (χ0) is 18.4. The van der Waals surface area contributed by atoms with Gasteiger partial charge in [0.25, 0.3) is 0 Å². The maximum atomic E-state index is 11.3. The van der Waals surface area contributed by atoms with Crippen molar-refractivity contribution in [2.45, 2.75) is 6.61 Å². The molecule has 0 aliphatic rings. The first-order valence-corrected chi connectivity index (χ1v) is 7.65. The van der Waals surface area contributed by atoms with E-state index in [0.717, 1.165) is 11.9 Å². The van der Waals surface area contributed by atoms with E-state index >= 15 is 0 Å². The Morgan fingerprint density at radius 3 is 2.46 bits per heavy atom. The molecule has 1 heterocycles. The summed E-state index contributed by atoms with van der Waals surface area (Å²) in [4.78, 5) is 18.2. The van der Waals surface area contributed by atoms with Crippen LogP contribution in [0.1, 0.15) is 5.56 Å². The highest BCUT2D eigenvalue weighted by atomic mass is 16.6. The van der Waals surface area contributed by atoms with E-state index in [1.807, 2.05) is 30.3 Å². The van der Waals surface area contributed by atoms with Gasteiger partial charge in [-0.05, 0) is 17.7 Å². The van der Waals surface area contributed by atoms with Crippen LogP contribution in [0, 0.1) is 10.1 Å². The van der Waals surface area contributed by atoms with Crippen molar-refractivity contribution in [3.8, 4) is 23.3 Å². The molecule has 0 amide bonds. The molecule has 0 aliphatic carbocycles. The van der Waals surface area contributed by atoms with Crippen molar-refractivity contribution in [2.75, 3.05) is 7.11 Å². The van der Waals surface area contributed by atoms with Gasteiger partial charge in [0.15, 0.2) is 0 Å². The minimum absolute atomic E-state index is 0.170. The predicted molar refractivity (Wildman–Crippen MR) is 92.5 cm³/mol. The molecule has 3 aromatic rings. The van der Waals surface area contributed by atoms with E-state index < -0.39 is 10.6 Å². The van der Waals surface area contributed by atoms with Gasteiger partial charge in [0, 0.05) is 6.07 Å². The number of nitrogens with zero attached hydrogens (tertiary/aromatic N) is 3. The Kier molecular flexibility index (Phi) is 5.23. The Balaban J connectivity index is 1.78. The topological polar surface area (TPSA) is 96.6 Å². The third-order valence-electron chi connectivity index (χ3n) is 3.40. The molecule has 8 heteroatoms. The Morgan fingerprint density at radius 1 is 1.00 bits per heavy atom. The smallest absolute Gasteiger partial charge is 0.392 e. The van der Waals surface area contributed by atoms with Gasteiger partial charge in [0.05, 0.1) is 12.0 Å². The number of benzene rings is 2. The third-order valence-corrected chi connectivity index (χ3v) is 3.40. The van der Waals surface area contributed by atoms with Crippen LogP contribution in [0.25, 0.3) is 0 Å². The van der Waals surface area contributed by atoms with Crippen molar-refractivity contribution in [1.82, 2.24) is 9.97 Å². The molecule has 3 rings (SSSR count). The van der Waals surface area contributed by atoms with Gasteiger partial charge in [0.2, 0.25) is 0 Å². The van der Waals surface area contributed by atoms with E-state index in [1.165, 1.54) is 7.11 Å². The molecule has 0 N–H and O–H groups in total. The minimum atomic E-state index is -0.649. The summed E-state index contributed by atoms with van der Waals surface area (Å²) in [5.41, 5.74) is 0.584. The average molecular weight is 353 g/mol. The number of rotatable bonds is 7. The van der Waals surface area contributed by atoms with Crippen LogP contribution >= 0.6 is 0 Å². The molecule has 0 radical (unpaired) electrons. The molecule has 1 aromatic heterocycles. The molecule has 0 saturated heterocycles. The molecule has 0 atom stereocenters. The van der Waals surface area contributed by atoms with Crippen LogP contribution < -0.4 is 14.2 Å². The summed E-state index contributed by atoms with van der Waals surface area (Å²) in [5, 5.41) is 11.3. The monoisotopic (exact) mass is 353 g/mol. The van der Waals surface area contributed by atoms with Crippen LogP contribution in [-0.2, 0) is 6.61 Å². The lowest BCUT2D eigenvalue weighted by atomic mass is 10.2. The molecule has 26 heavy (non-hydrogen) atoms. The fraction of sp³-hybridized carbons (Fsp3) is 0.111. The van der Waals surface area contributed by atoms with Crippen molar-refractivity contribution < 1.29 is 19.1 Å². The van der Waals surface area contributed by atoms with Gasteiger partial charge in [-0.1, -0.05) is 36.4 Å². The van der Waals surface area contributed by atoms with Crippen LogP contribution in [0.2, 0.25) is 0 Å². The Hall–Kier alpha value is -3.68. The van der Waals surface area contributed by atoms with E-state index in [-0.39, 0.29) is 11.8 Å². The van der Waals surface area contributed by atoms with Gasteiger partial charge >= 0.3 is 17.4 Å². The summed E-state index contributed by atoms with van der Waals surface area (Å²) < 4.78 is 16.2. The van der Waals surface area contributed by atoms with Gasteiger partial charge in [-0.2, -0.15) is 9.97 Å². The van der Waals surface area contributed by atoms with Crippen molar-refractivity contribution in [3.05, 3.63) is 76.6 Å². The van der Waals surface area contributed by atoms with E-state index in [0.29, 0.717) is 18.1 Å². The Morgan fingerprint density at radius 2 is 1.73 bits per heavy atom. The van der Waals surface area contributed by atoms with E-state index in [2.05, 4.69) is 9.97 Å². The minimum Gasteiger partial charge on any atom is -0.489 e. The SMILES string of the molecule is COc1ncnc(Oc2cccc(OCc3ccccc3)c2)c1[N+](=O)[O-]. The maximum absolute atomic E-state index is 11.3. The number of methoxy groups -OCH3 is 1. The lowest BCUT2D eigenvalue weighted by Crippen LogP contribution is -2.01. The van der Waals surface area contributed by atoms with Crippen LogP contribution in [-0.4, -0.2) is 22.0 Å². The quantitative estimate of drug-likeness (QED) is 0.471. The van der Waals surface area contributed by atoms with Crippen molar-refractivity contribution in [3.63, 3.8) is 0 Å². The molecule has 0 fully saturated rings. The highest BCUT2D eigenvalue weighted by Gasteiger charge is 2.26. The molecule has 0 aliphatic heterocycles. The van der Waals surface area contributed by atoms with Gasteiger partial charge in [-0.25, -0.2) is 0 Å². The van der Waals surface area contributed by atoms with E-state index in [1.54, 1.807) is 24.3 Å². The fourth-order valence-electron chi connectivity index (χ4n) is 2.21. The molecular formula is C18H15N3O5. The molecule has 0 saturated carbocycles. The molecule has 0 bridgehead atoms. The summed E-state index contributed by atoms with van der Waals surface area (Å²) in [7, 11) is 1.29. The number of ether oxygens (including phenoxy) is 3. The van der Waals surface area contributed by atoms with Crippen LogP contribution in [0.3, 0.4) is 0 Å². The zero-order valence-corrected chi connectivity index (χ0v) is 13.9. The number of hydrogen-bond donors (Lipinski definition) is 0. The normalized spacial score (nSPS) is 10.2. The summed E-state index contributed by atoms with van der Waals surface area (Å²) in [6.07, 6.45) is 1.14. The van der Waals surface area contributed by atoms with Gasteiger partial charge in [-0.3, -0.25) is 10.1 Å². The first-order chi connectivity index (χ1) is 12.7. The largest absolute Gasteiger partial charge is 0.489 e. The standard InChI is InChI=1S/C18H15N3O5/c1-24-17-16(21(22)23)18(20-12-19-17)26-15-9-5-8-14(10-15)25-11-13-6-3-2-4-7-13/h2-10,12H,11H2,1H3. The summed E-state index contributed by atoms with van der Waals surface area (Å²) >= 11 is 0. The molecule has 0 spiro atoms. The second-order valence-corrected chi connectivity index (χ2v) is 5.15. The Bertz CT molecular complexity index is 902. The number of hydrogen-bond acceptors (Lipinski definition) is 7. The summed E-state index contributed by atoms with van der Waals surface area (Å²) in [6.45, 7) is 0.395. The second kappa shape index (κ2) is 7.93. The molecule has 2 aromatic carbocycles. The molecule has 8 nitrogen and oxygen atoms in total. The van der Waals surface area contributed by atoms with Crippen molar-refractivity contribution in [2.24, 2.45) is 0 Å². The third kappa shape index (κ3) is 4.04.